The summed E-state index contributed by atoms with van der Waals surface area (Å²) < 4.78 is 4.70. The van der Waals surface area contributed by atoms with Gasteiger partial charge in [0.25, 0.3) is 0 Å². The van der Waals surface area contributed by atoms with Crippen LogP contribution in [0.2, 0.25) is 0 Å². The summed E-state index contributed by atoms with van der Waals surface area (Å²) in [6.45, 7) is 3.93. The second-order valence-corrected chi connectivity index (χ2v) is 3.57. The van der Waals surface area contributed by atoms with Crippen molar-refractivity contribution < 1.29 is 9.53 Å². The maximum absolute atomic E-state index is 11.0. The van der Waals surface area contributed by atoms with Crippen molar-refractivity contribution in [1.82, 2.24) is 4.98 Å². The van der Waals surface area contributed by atoms with E-state index in [9.17, 15) is 4.79 Å². The van der Waals surface area contributed by atoms with Crippen molar-refractivity contribution in [3.63, 3.8) is 0 Å². The number of anilines is 1. The lowest BCUT2D eigenvalue weighted by Gasteiger charge is -2.01. The first-order chi connectivity index (χ1) is 6.63. The molecule has 0 aliphatic carbocycles. The van der Waals surface area contributed by atoms with Crippen LogP contribution in [0.4, 0.5) is 9.93 Å². The molecule has 6 heteroatoms. The summed E-state index contributed by atoms with van der Waals surface area (Å²) >= 11 is 1.33. The maximum Gasteiger partial charge on any atom is 0.413 e. The number of nitrogens with one attached hydrogen (secondary N) is 1. The summed E-state index contributed by atoms with van der Waals surface area (Å²) in [5.74, 6) is 0. The normalized spacial score (nSPS) is 12.2. The van der Waals surface area contributed by atoms with Crippen molar-refractivity contribution in [1.29, 1.82) is 0 Å². The molecule has 3 N–H and O–H groups in total. The zero-order chi connectivity index (χ0) is 10.6. The van der Waals surface area contributed by atoms with Crippen LogP contribution in [0, 0.1) is 0 Å². The highest BCUT2D eigenvalue weighted by Gasteiger charge is 2.08. The van der Waals surface area contributed by atoms with E-state index in [1.807, 2.05) is 12.3 Å². The summed E-state index contributed by atoms with van der Waals surface area (Å²) in [5.41, 5.74) is 6.38. The van der Waals surface area contributed by atoms with Gasteiger partial charge in [-0.2, -0.15) is 0 Å². The van der Waals surface area contributed by atoms with Gasteiger partial charge in [0.15, 0.2) is 5.13 Å². The molecule has 1 heterocycles. The van der Waals surface area contributed by atoms with E-state index in [0.29, 0.717) is 11.7 Å². The molecule has 0 bridgehead atoms. The lowest BCUT2D eigenvalue weighted by atomic mass is 10.3. The highest BCUT2D eigenvalue weighted by atomic mass is 32.1. The van der Waals surface area contributed by atoms with Gasteiger partial charge in [-0.25, -0.2) is 9.78 Å². The molecule has 0 aliphatic heterocycles. The molecule has 0 fully saturated rings. The number of nitrogens with two attached hydrogens (primary N) is 1. The number of amides is 1. The Hall–Kier alpha value is -1.14. The summed E-state index contributed by atoms with van der Waals surface area (Å²) in [6, 6.07) is -0.121. The van der Waals surface area contributed by atoms with Crippen molar-refractivity contribution >= 4 is 22.6 Å². The van der Waals surface area contributed by atoms with E-state index in [0.717, 1.165) is 5.69 Å². The molecule has 0 saturated heterocycles. The summed E-state index contributed by atoms with van der Waals surface area (Å²) in [6.07, 6.45) is -0.488. The molecule has 1 rings (SSSR count). The number of carbonyl (C=O) groups excluding carboxylic acids is 1. The third-order valence-corrected chi connectivity index (χ3v) is 2.25. The Bertz CT molecular complexity index is 311. The molecule has 0 radical (unpaired) electrons. The fourth-order valence-electron chi connectivity index (χ4n) is 0.807. The first kappa shape index (κ1) is 10.9. The minimum atomic E-state index is -0.488. The Labute approximate surface area is 86.3 Å². The zero-order valence-electron chi connectivity index (χ0n) is 8.11. The molecular weight excluding hydrogens is 202 g/mol. The highest BCUT2D eigenvalue weighted by Crippen LogP contribution is 2.19. The molecule has 1 amide bonds. The van der Waals surface area contributed by atoms with Gasteiger partial charge in [-0.05, 0) is 13.8 Å². The lowest BCUT2D eigenvalue weighted by molar-refractivity contribution is 0.168. The predicted molar refractivity (Wildman–Crippen MR) is 55.4 cm³/mol. The average Bonchev–Trinajstić information content (AvgIpc) is 2.53. The molecule has 0 aromatic carbocycles. The van der Waals surface area contributed by atoms with Crippen molar-refractivity contribution in [3.05, 3.63) is 11.1 Å². The van der Waals surface area contributed by atoms with Gasteiger partial charge >= 0.3 is 6.09 Å². The second-order valence-electron chi connectivity index (χ2n) is 2.71. The van der Waals surface area contributed by atoms with E-state index in [2.05, 4.69) is 10.3 Å². The highest BCUT2D eigenvalue weighted by molar-refractivity contribution is 7.13. The van der Waals surface area contributed by atoms with Crippen LogP contribution >= 0.6 is 11.3 Å². The van der Waals surface area contributed by atoms with Gasteiger partial charge in [0.2, 0.25) is 0 Å². The van der Waals surface area contributed by atoms with Crippen molar-refractivity contribution in [3.8, 4) is 0 Å². The first-order valence-electron chi connectivity index (χ1n) is 4.28. The molecule has 78 valence electrons. The van der Waals surface area contributed by atoms with Crippen molar-refractivity contribution in [2.45, 2.75) is 19.9 Å². The Morgan fingerprint density at radius 1 is 1.86 bits per heavy atom. The Morgan fingerprint density at radius 3 is 3.07 bits per heavy atom. The SMILES string of the molecule is CCOC(=O)Nc1nc(C(C)N)cs1. The number of ether oxygens (including phenoxy) is 1. The molecule has 0 aliphatic rings. The smallest absolute Gasteiger partial charge is 0.413 e. The minimum Gasteiger partial charge on any atom is -0.450 e. The predicted octanol–water partition coefficient (Wildman–Crippen LogP) is 1.73. The van der Waals surface area contributed by atoms with Crippen molar-refractivity contribution in [2.24, 2.45) is 5.73 Å². The first-order valence-corrected chi connectivity index (χ1v) is 5.16. The summed E-state index contributed by atoms with van der Waals surface area (Å²) in [4.78, 5) is 15.1. The van der Waals surface area contributed by atoms with Gasteiger partial charge in [-0.3, -0.25) is 5.32 Å². The van der Waals surface area contributed by atoms with E-state index in [-0.39, 0.29) is 6.04 Å². The molecule has 5 nitrogen and oxygen atoms in total. The minimum absolute atomic E-state index is 0.121. The Kier molecular flexibility index (Phi) is 3.84. The third-order valence-electron chi connectivity index (χ3n) is 1.47. The second kappa shape index (κ2) is 4.92. The number of rotatable bonds is 3. The van der Waals surface area contributed by atoms with Gasteiger partial charge in [-0.15, -0.1) is 11.3 Å². The van der Waals surface area contributed by atoms with Crippen LogP contribution in [0.25, 0.3) is 0 Å². The largest absolute Gasteiger partial charge is 0.450 e. The summed E-state index contributed by atoms with van der Waals surface area (Å²) in [7, 11) is 0. The third kappa shape index (κ3) is 2.97. The standard InChI is InChI=1S/C8H13N3O2S/c1-3-13-8(12)11-7-10-6(4-14-7)5(2)9/h4-5H,3,9H2,1-2H3,(H,10,11,12). The Balaban J connectivity index is 2.55. The van der Waals surface area contributed by atoms with E-state index >= 15 is 0 Å². The fraction of sp³-hybridized carbons (Fsp3) is 0.500. The topological polar surface area (TPSA) is 77.2 Å². The fourth-order valence-corrected chi connectivity index (χ4v) is 1.61. The molecule has 1 unspecified atom stereocenters. The van der Waals surface area contributed by atoms with Crippen LogP contribution < -0.4 is 11.1 Å². The van der Waals surface area contributed by atoms with Crippen LogP contribution in [0.5, 0.6) is 0 Å². The van der Waals surface area contributed by atoms with Crippen LogP contribution in [0.1, 0.15) is 25.6 Å². The van der Waals surface area contributed by atoms with E-state index < -0.39 is 6.09 Å². The number of aromatic nitrogens is 1. The molecule has 1 aromatic rings. The zero-order valence-corrected chi connectivity index (χ0v) is 8.93. The van der Waals surface area contributed by atoms with Crippen LogP contribution in [0.15, 0.2) is 5.38 Å². The molecular formula is C8H13N3O2S. The van der Waals surface area contributed by atoms with E-state index in [1.54, 1.807) is 6.92 Å². The van der Waals surface area contributed by atoms with Gasteiger partial charge in [0.05, 0.1) is 12.3 Å². The van der Waals surface area contributed by atoms with Crippen LogP contribution in [0.3, 0.4) is 0 Å². The van der Waals surface area contributed by atoms with E-state index in [4.69, 9.17) is 10.5 Å². The molecule has 0 saturated carbocycles. The lowest BCUT2D eigenvalue weighted by Crippen LogP contribution is -2.13. The molecule has 1 atom stereocenters. The van der Waals surface area contributed by atoms with Gasteiger partial charge in [0.1, 0.15) is 0 Å². The monoisotopic (exact) mass is 215 g/mol. The number of carbonyl (C=O) groups is 1. The molecule has 14 heavy (non-hydrogen) atoms. The quantitative estimate of drug-likeness (QED) is 0.805. The van der Waals surface area contributed by atoms with Gasteiger partial charge in [-0.1, -0.05) is 0 Å². The molecule has 0 spiro atoms. The van der Waals surface area contributed by atoms with Crippen molar-refractivity contribution in [2.75, 3.05) is 11.9 Å². The summed E-state index contributed by atoms with van der Waals surface area (Å²) in [5, 5.41) is 4.83. The number of hydrogen-bond donors (Lipinski definition) is 2. The van der Waals surface area contributed by atoms with Crippen LogP contribution in [-0.4, -0.2) is 17.7 Å². The number of thiazole rings is 1. The maximum atomic E-state index is 11.0. The Morgan fingerprint density at radius 2 is 2.57 bits per heavy atom. The number of hydrogen-bond acceptors (Lipinski definition) is 5. The van der Waals surface area contributed by atoms with Gasteiger partial charge < -0.3 is 10.5 Å². The van der Waals surface area contributed by atoms with E-state index in [1.165, 1.54) is 11.3 Å². The average molecular weight is 215 g/mol. The molecule has 1 aromatic heterocycles. The van der Waals surface area contributed by atoms with Crippen LogP contribution in [-0.2, 0) is 4.74 Å². The number of nitrogens with zero attached hydrogens (tertiary/aromatic N) is 1. The van der Waals surface area contributed by atoms with Gasteiger partial charge in [0, 0.05) is 11.4 Å².